The van der Waals surface area contributed by atoms with E-state index in [9.17, 15) is 45.5 Å². The van der Waals surface area contributed by atoms with E-state index in [0.29, 0.717) is 11.1 Å². The number of benzene rings is 2. The van der Waals surface area contributed by atoms with Crippen LogP contribution in [-0.4, -0.2) is 59.0 Å². The van der Waals surface area contributed by atoms with Crippen molar-refractivity contribution >= 4 is 23.7 Å². The molecule has 0 bridgehead atoms. The molecule has 44 heavy (non-hydrogen) atoms. The van der Waals surface area contributed by atoms with E-state index in [-0.39, 0.29) is 37.1 Å². The normalized spacial score (nSPS) is 14.2. The van der Waals surface area contributed by atoms with Gasteiger partial charge in [-0.15, -0.1) is 0 Å². The highest BCUT2D eigenvalue weighted by atomic mass is 19.4. The lowest BCUT2D eigenvalue weighted by Crippen LogP contribution is -2.38. The summed E-state index contributed by atoms with van der Waals surface area (Å²) in [7, 11) is 0. The van der Waals surface area contributed by atoms with E-state index in [1.165, 1.54) is 29.3 Å². The van der Waals surface area contributed by atoms with E-state index in [0.717, 1.165) is 12.1 Å². The number of aromatic amines is 1. The Hall–Kier alpha value is -5.15. The van der Waals surface area contributed by atoms with Crippen LogP contribution in [0.3, 0.4) is 0 Å². The summed E-state index contributed by atoms with van der Waals surface area (Å²) in [5.41, 5.74) is 5.63. The van der Waals surface area contributed by atoms with E-state index in [2.05, 4.69) is 14.5 Å². The van der Waals surface area contributed by atoms with Crippen LogP contribution in [0.25, 0.3) is 11.1 Å². The number of amides is 1. The first kappa shape index (κ1) is 31.8. The lowest BCUT2D eigenvalue weighted by atomic mass is 9.86. The van der Waals surface area contributed by atoms with Crippen LogP contribution in [0.15, 0.2) is 59.5 Å². The Bertz CT molecular complexity index is 1660. The van der Waals surface area contributed by atoms with Gasteiger partial charge in [0.05, 0.1) is 5.56 Å². The van der Waals surface area contributed by atoms with Crippen molar-refractivity contribution in [3.8, 4) is 22.6 Å². The van der Waals surface area contributed by atoms with E-state index in [1.54, 1.807) is 18.2 Å². The number of ether oxygens (including phenoxy) is 2. The van der Waals surface area contributed by atoms with Gasteiger partial charge >= 0.3 is 24.3 Å². The van der Waals surface area contributed by atoms with Gasteiger partial charge in [0.1, 0.15) is 17.3 Å². The van der Waals surface area contributed by atoms with Crippen molar-refractivity contribution in [2.75, 3.05) is 13.1 Å². The Kier molecular flexibility index (Phi) is 8.83. The van der Waals surface area contributed by atoms with Crippen LogP contribution in [-0.2, 0) is 9.59 Å². The molecule has 1 saturated heterocycles. The molecule has 4 rings (SSSR count). The van der Waals surface area contributed by atoms with Gasteiger partial charge in [-0.25, -0.2) is 9.59 Å². The quantitative estimate of drug-likeness (QED) is 0.122. The number of nitrogens with two attached hydrogens (primary N) is 1. The van der Waals surface area contributed by atoms with Crippen molar-refractivity contribution in [2.45, 2.75) is 31.1 Å². The predicted octanol–water partition coefficient (Wildman–Crippen LogP) is 4.28. The molecule has 16 heteroatoms. The maximum absolute atomic E-state index is 13.2. The second kappa shape index (κ2) is 12.2. The van der Waals surface area contributed by atoms with Gasteiger partial charge in [-0.3, -0.25) is 15.0 Å². The molecule has 0 unspecified atom stereocenters. The van der Waals surface area contributed by atoms with Crippen molar-refractivity contribution in [3.63, 3.8) is 0 Å². The molecule has 1 aliphatic heterocycles. The van der Waals surface area contributed by atoms with E-state index in [4.69, 9.17) is 11.1 Å². The van der Waals surface area contributed by atoms with Gasteiger partial charge in [0, 0.05) is 36.5 Å². The Balaban J connectivity index is 1.62. The van der Waals surface area contributed by atoms with E-state index >= 15 is 0 Å². The van der Waals surface area contributed by atoms with Crippen LogP contribution in [0.4, 0.5) is 26.3 Å². The highest BCUT2D eigenvalue weighted by Crippen LogP contribution is 2.44. The molecule has 1 fully saturated rings. The van der Waals surface area contributed by atoms with Crippen LogP contribution in [0.1, 0.15) is 40.2 Å². The van der Waals surface area contributed by atoms with Crippen LogP contribution < -0.4 is 20.8 Å². The van der Waals surface area contributed by atoms with Gasteiger partial charge in [0.15, 0.2) is 0 Å². The average molecular weight is 624 g/mol. The maximum Gasteiger partial charge on any atom is 0.491 e. The third kappa shape index (κ3) is 7.07. The smallest absolute Gasteiger partial charge is 0.419 e. The lowest BCUT2D eigenvalue weighted by Gasteiger charge is -2.34. The third-order valence-corrected chi connectivity index (χ3v) is 6.74. The van der Waals surface area contributed by atoms with Crippen LogP contribution in [0.2, 0.25) is 0 Å². The van der Waals surface area contributed by atoms with Crippen molar-refractivity contribution in [1.82, 2.24) is 9.88 Å². The number of pyridine rings is 1. The zero-order valence-corrected chi connectivity index (χ0v) is 22.3. The molecular formula is C28H22F6N4O6. The molecule has 0 atom stereocenters. The first-order valence-electron chi connectivity index (χ1n) is 12.7. The molecule has 1 amide bonds. The highest BCUT2D eigenvalue weighted by Gasteiger charge is 2.45. The summed E-state index contributed by atoms with van der Waals surface area (Å²) in [6.07, 6.45) is -9.65. The molecular weight excluding hydrogens is 602 g/mol. The first-order valence-corrected chi connectivity index (χ1v) is 12.7. The second-order valence-electron chi connectivity index (χ2n) is 9.63. The van der Waals surface area contributed by atoms with Crippen molar-refractivity contribution < 1.29 is 50.2 Å². The highest BCUT2D eigenvalue weighted by molar-refractivity contribution is 6.00. The molecule has 1 aliphatic rings. The predicted molar refractivity (Wildman–Crippen MR) is 141 cm³/mol. The van der Waals surface area contributed by atoms with Crippen molar-refractivity contribution in [1.29, 1.82) is 5.41 Å². The monoisotopic (exact) mass is 624 g/mol. The molecule has 232 valence electrons. The summed E-state index contributed by atoms with van der Waals surface area (Å²) in [5, 5.41) is 7.71. The summed E-state index contributed by atoms with van der Waals surface area (Å²) in [4.78, 5) is 52.0. The number of aromatic nitrogens is 1. The fraction of sp³-hybridized carbons (Fsp3) is 0.250. The summed E-state index contributed by atoms with van der Waals surface area (Å²) >= 11 is 0. The van der Waals surface area contributed by atoms with Gasteiger partial charge in [-0.2, -0.15) is 26.3 Å². The minimum absolute atomic E-state index is 0.0388. The number of nitrogen functional groups attached to an aromatic ring is 1. The fourth-order valence-electron chi connectivity index (χ4n) is 4.67. The molecule has 0 radical (unpaired) electrons. The number of nitrogens with zero attached hydrogens (tertiary/aromatic N) is 1. The number of carbonyl (C=O) groups excluding carboxylic acids is 3. The van der Waals surface area contributed by atoms with Gasteiger partial charge in [0.25, 0.3) is 5.91 Å². The van der Waals surface area contributed by atoms with Gasteiger partial charge in [-0.05, 0) is 60.2 Å². The first-order chi connectivity index (χ1) is 20.6. The van der Waals surface area contributed by atoms with Gasteiger partial charge in [0.2, 0.25) is 5.56 Å². The topological polar surface area (TPSA) is 156 Å². The van der Waals surface area contributed by atoms with Crippen LogP contribution in [0.5, 0.6) is 11.5 Å². The Morgan fingerprint density at radius 3 is 2.00 bits per heavy atom. The number of alkyl halides is 6. The number of hydrogen-bond acceptors (Lipinski definition) is 7. The number of likely N-dealkylation sites (tertiary alicyclic amines) is 1. The van der Waals surface area contributed by atoms with Crippen LogP contribution >= 0.6 is 0 Å². The molecule has 1 aromatic heterocycles. The molecule has 3 aromatic rings. The fourth-order valence-corrected chi connectivity index (χ4v) is 4.67. The van der Waals surface area contributed by atoms with E-state index in [1.807, 2.05) is 0 Å². The minimum Gasteiger partial charge on any atom is -0.419 e. The third-order valence-electron chi connectivity index (χ3n) is 6.74. The summed E-state index contributed by atoms with van der Waals surface area (Å²) < 4.78 is 87.2. The number of rotatable bonds is 6. The SMILES string of the molecule is N=C(N)c1ccc(OC(=O)C(F)(F)F)c(C2CCN(C(=O)c3ccc(-c4cc[nH]c(=O)c4)cc3)CC2)c1OC(=O)C(F)(F)F. The number of piperidine rings is 1. The summed E-state index contributed by atoms with van der Waals surface area (Å²) in [6.45, 7) is -0.0775. The molecule has 4 N–H and O–H groups in total. The average Bonchev–Trinajstić information content (AvgIpc) is 2.96. The number of nitrogens with one attached hydrogen (secondary N) is 2. The number of carbonyl (C=O) groups is 3. The zero-order chi connectivity index (χ0) is 32.4. The molecule has 0 aliphatic carbocycles. The second-order valence-corrected chi connectivity index (χ2v) is 9.63. The summed E-state index contributed by atoms with van der Waals surface area (Å²) in [6, 6.07) is 11.0. The van der Waals surface area contributed by atoms with E-state index < -0.39 is 64.6 Å². The summed E-state index contributed by atoms with van der Waals surface area (Å²) in [5.74, 6) is -9.53. The number of H-pyrrole nitrogens is 1. The van der Waals surface area contributed by atoms with Gasteiger partial charge < -0.3 is 25.1 Å². The number of esters is 2. The van der Waals surface area contributed by atoms with Crippen molar-refractivity contribution in [3.05, 3.63) is 81.8 Å². The zero-order valence-electron chi connectivity index (χ0n) is 22.3. The largest absolute Gasteiger partial charge is 0.491 e. The maximum atomic E-state index is 13.2. The molecule has 2 heterocycles. The molecule has 2 aromatic carbocycles. The Labute approximate surface area is 243 Å². The number of amidine groups is 1. The van der Waals surface area contributed by atoms with Crippen LogP contribution in [0, 0.1) is 5.41 Å². The Morgan fingerprint density at radius 1 is 0.864 bits per heavy atom. The minimum atomic E-state index is -5.52. The standard InChI is InChI=1S/C28H22F6N4O6/c29-27(30,31)25(41)43-19-6-5-18(23(35)36)22(44-26(42)28(32,33)34)21(19)15-8-11-38(12-9-15)24(40)16-3-1-14(2-4-16)17-7-10-37-20(39)13-17/h1-7,10,13,15H,8-9,11-12H2,(H3,35,36)(H,37,39). The molecule has 0 spiro atoms. The molecule has 0 saturated carbocycles. The number of hydrogen-bond donors (Lipinski definition) is 3. The number of halogens is 6. The lowest BCUT2D eigenvalue weighted by molar-refractivity contribution is -0.190. The Morgan fingerprint density at radius 2 is 1.45 bits per heavy atom. The van der Waals surface area contributed by atoms with Gasteiger partial charge in [-0.1, -0.05) is 12.1 Å². The molecule has 10 nitrogen and oxygen atoms in total. The van der Waals surface area contributed by atoms with Crippen molar-refractivity contribution in [2.24, 2.45) is 5.73 Å².